The van der Waals surface area contributed by atoms with Crippen molar-refractivity contribution < 1.29 is 13.4 Å². The van der Waals surface area contributed by atoms with Gasteiger partial charge in [-0.05, 0) is 38.1 Å². The SMILES string of the molecule is CCN(CC)CC(=O)Nc1c(C)cccc1C.[Ca+2].[Ca+2].[Ca+2].[H-].[H-].[H-].[H-].[H-].[H-]. The molecule has 1 rings (SSSR count). The summed E-state index contributed by atoms with van der Waals surface area (Å²) in [5.74, 6) is 0.0612. The summed E-state index contributed by atoms with van der Waals surface area (Å²) in [6, 6.07) is 6.03. The molecule has 1 amide bonds. The summed E-state index contributed by atoms with van der Waals surface area (Å²) in [5, 5.41) is 3.00. The molecule has 0 aromatic heterocycles. The number of anilines is 1. The molecule has 0 aliphatic heterocycles. The van der Waals surface area contributed by atoms with Crippen LogP contribution in [0.15, 0.2) is 18.2 Å². The van der Waals surface area contributed by atoms with E-state index in [9.17, 15) is 4.79 Å². The van der Waals surface area contributed by atoms with E-state index in [1.54, 1.807) is 0 Å². The van der Waals surface area contributed by atoms with Crippen LogP contribution in [0.5, 0.6) is 0 Å². The van der Waals surface area contributed by atoms with Gasteiger partial charge in [0.15, 0.2) is 0 Å². The monoisotopic (exact) mass is 360 g/mol. The van der Waals surface area contributed by atoms with Gasteiger partial charge in [0.2, 0.25) is 5.91 Å². The van der Waals surface area contributed by atoms with E-state index >= 15 is 0 Å². The number of nitrogens with zero attached hydrogens (tertiary/aromatic N) is 1. The van der Waals surface area contributed by atoms with Crippen LogP contribution in [0.2, 0.25) is 0 Å². The van der Waals surface area contributed by atoms with E-state index < -0.39 is 0 Å². The van der Waals surface area contributed by atoms with Crippen molar-refractivity contribution in [1.82, 2.24) is 4.90 Å². The molecule has 0 unspecified atom stereocenters. The normalized spacial score (nSPS) is 9.05. The van der Waals surface area contributed by atoms with Crippen molar-refractivity contribution in [3.63, 3.8) is 0 Å². The zero-order valence-electron chi connectivity index (χ0n) is 19.3. The Hall–Kier alpha value is 2.43. The number of amides is 1. The maximum Gasteiger partial charge on any atom is 2.00 e. The van der Waals surface area contributed by atoms with E-state index in [4.69, 9.17) is 0 Å². The van der Waals surface area contributed by atoms with Gasteiger partial charge in [0.1, 0.15) is 0 Å². The molecule has 6 heteroatoms. The van der Waals surface area contributed by atoms with Gasteiger partial charge in [-0.3, -0.25) is 9.69 Å². The fourth-order valence-corrected chi connectivity index (χ4v) is 1.84. The predicted molar refractivity (Wildman–Crippen MR) is 96.3 cm³/mol. The molecule has 0 atom stereocenters. The Morgan fingerprint density at radius 3 is 1.95 bits per heavy atom. The summed E-state index contributed by atoms with van der Waals surface area (Å²) >= 11 is 0. The number of carbonyl (C=O) groups excluding carboxylic acids is 1. The average molecular weight is 361 g/mol. The van der Waals surface area contributed by atoms with Gasteiger partial charge in [-0.1, -0.05) is 32.0 Å². The fourth-order valence-electron chi connectivity index (χ4n) is 1.84. The van der Waals surface area contributed by atoms with Gasteiger partial charge in [-0.15, -0.1) is 0 Å². The molecule has 3 nitrogen and oxygen atoms in total. The first kappa shape index (κ1) is 27.3. The van der Waals surface area contributed by atoms with Crippen LogP contribution in [-0.4, -0.2) is 144 Å². The number of para-hydroxylation sites is 1. The van der Waals surface area contributed by atoms with Gasteiger partial charge in [0.05, 0.1) is 6.54 Å². The second kappa shape index (κ2) is 15.0. The molecule has 0 radical (unpaired) electrons. The van der Waals surface area contributed by atoms with E-state index in [-0.39, 0.29) is 128 Å². The molecular weight excluding hydrogens is 332 g/mol. The van der Waals surface area contributed by atoms with Crippen LogP contribution in [0.25, 0.3) is 0 Å². The topological polar surface area (TPSA) is 32.3 Å². The maximum absolute atomic E-state index is 11.9. The Kier molecular flexibility index (Phi) is 20.4. The Morgan fingerprint density at radius 1 is 1.10 bits per heavy atom. The Morgan fingerprint density at radius 2 is 1.55 bits per heavy atom. The van der Waals surface area contributed by atoms with Crippen molar-refractivity contribution in [1.29, 1.82) is 0 Å². The van der Waals surface area contributed by atoms with Crippen molar-refractivity contribution in [2.45, 2.75) is 27.7 Å². The van der Waals surface area contributed by atoms with E-state index in [1.807, 2.05) is 32.0 Å². The summed E-state index contributed by atoms with van der Waals surface area (Å²) in [7, 11) is 0. The van der Waals surface area contributed by atoms with Crippen molar-refractivity contribution in [3.8, 4) is 0 Å². The predicted octanol–water partition coefficient (Wildman–Crippen LogP) is 2.12. The number of carbonyl (C=O) groups is 1. The van der Waals surface area contributed by atoms with Crippen LogP contribution in [-0.2, 0) is 4.79 Å². The third-order valence-corrected chi connectivity index (χ3v) is 3.01. The van der Waals surface area contributed by atoms with Crippen molar-refractivity contribution >= 4 is 125 Å². The smallest absolute Gasteiger partial charge is 1.00 e. The van der Waals surface area contributed by atoms with Crippen molar-refractivity contribution in [3.05, 3.63) is 29.3 Å². The van der Waals surface area contributed by atoms with Gasteiger partial charge in [0.25, 0.3) is 0 Å². The maximum atomic E-state index is 11.9. The van der Waals surface area contributed by atoms with Crippen LogP contribution in [0.3, 0.4) is 0 Å². The Bertz CT molecular complexity index is 396. The molecule has 1 aromatic rings. The Labute approximate surface area is 221 Å². The number of benzene rings is 1. The molecule has 0 fully saturated rings. The van der Waals surface area contributed by atoms with Crippen LogP contribution in [0, 0.1) is 13.8 Å². The average Bonchev–Trinajstić information content (AvgIpc) is 2.31. The summed E-state index contributed by atoms with van der Waals surface area (Å²) in [6.07, 6.45) is 0. The Balaban J connectivity index is -0.0000000459. The van der Waals surface area contributed by atoms with Gasteiger partial charge in [0, 0.05) is 5.69 Å². The van der Waals surface area contributed by atoms with Crippen LogP contribution >= 0.6 is 0 Å². The first-order valence-corrected chi connectivity index (χ1v) is 6.16. The molecule has 0 aliphatic rings. The molecule has 0 aliphatic carbocycles. The van der Waals surface area contributed by atoms with Crippen molar-refractivity contribution in [2.75, 3.05) is 25.0 Å². The number of nitrogens with one attached hydrogen (secondary N) is 1. The van der Waals surface area contributed by atoms with Crippen LogP contribution in [0.1, 0.15) is 33.5 Å². The molecule has 1 N–H and O–H groups in total. The van der Waals surface area contributed by atoms with E-state index in [1.165, 1.54) is 0 Å². The summed E-state index contributed by atoms with van der Waals surface area (Å²) in [4.78, 5) is 14.0. The third kappa shape index (κ3) is 9.54. The number of rotatable bonds is 5. The van der Waals surface area contributed by atoms with Gasteiger partial charge in [-0.2, -0.15) is 0 Å². The third-order valence-electron chi connectivity index (χ3n) is 3.01. The summed E-state index contributed by atoms with van der Waals surface area (Å²) in [5.41, 5.74) is 3.17. The zero-order chi connectivity index (χ0) is 12.8. The fraction of sp³-hybridized carbons (Fsp3) is 0.500. The zero-order valence-corrected chi connectivity index (χ0v) is 20.0. The standard InChI is InChI=1S/C14H22N2O.3Ca.6H/c1-5-16(6-2)10-13(17)15-14-11(3)8-7-9-12(14)4;;;;;;;;;/h7-9H,5-6,10H2,1-4H3,(H,15,17);;;;;;;;;/q;3*+2;6*-1. The molecule has 0 saturated heterocycles. The van der Waals surface area contributed by atoms with E-state index in [2.05, 4.69) is 24.1 Å². The summed E-state index contributed by atoms with van der Waals surface area (Å²) in [6.45, 7) is 10.4. The van der Waals surface area contributed by atoms with E-state index in [0.717, 1.165) is 29.9 Å². The van der Waals surface area contributed by atoms with Crippen LogP contribution < -0.4 is 5.32 Å². The largest absolute Gasteiger partial charge is 2.00 e. The molecule has 0 spiro atoms. The van der Waals surface area contributed by atoms with Gasteiger partial charge >= 0.3 is 113 Å². The number of likely N-dealkylation sites (N-methyl/N-ethyl adjacent to an activating group) is 1. The first-order valence-electron chi connectivity index (χ1n) is 6.16. The second-order valence-electron chi connectivity index (χ2n) is 4.28. The molecule has 0 saturated carbocycles. The number of hydrogen-bond donors (Lipinski definition) is 1. The quantitative estimate of drug-likeness (QED) is 0.816. The molecule has 20 heavy (non-hydrogen) atoms. The summed E-state index contributed by atoms with van der Waals surface area (Å²) < 4.78 is 0. The van der Waals surface area contributed by atoms with Gasteiger partial charge < -0.3 is 13.9 Å². The molecule has 0 heterocycles. The molecule has 0 bridgehead atoms. The minimum absolute atomic E-state index is 0. The molecule has 1 aromatic carbocycles. The minimum Gasteiger partial charge on any atom is -1.00 e. The number of hydrogen-bond acceptors (Lipinski definition) is 2. The molecule has 106 valence electrons. The minimum atomic E-state index is 0. The second-order valence-corrected chi connectivity index (χ2v) is 4.28. The molecular formula is C14H28Ca3N2O. The first-order chi connectivity index (χ1) is 8.08. The van der Waals surface area contributed by atoms with Gasteiger partial charge in [-0.25, -0.2) is 0 Å². The van der Waals surface area contributed by atoms with E-state index in [0.29, 0.717) is 6.54 Å². The number of aryl methyl sites for hydroxylation is 2. The van der Waals surface area contributed by atoms with Crippen molar-refractivity contribution in [2.24, 2.45) is 0 Å². The van der Waals surface area contributed by atoms with Crippen LogP contribution in [0.4, 0.5) is 5.69 Å².